The highest BCUT2D eigenvalue weighted by Crippen LogP contribution is 2.49. The molecule has 1 aliphatic rings. The van der Waals surface area contributed by atoms with Crippen LogP contribution in [0.25, 0.3) is 22.3 Å². The van der Waals surface area contributed by atoms with E-state index in [4.69, 9.17) is 0 Å². The van der Waals surface area contributed by atoms with Crippen LogP contribution in [0, 0.1) is 4.91 Å². The highest BCUT2D eigenvalue weighted by molar-refractivity contribution is 6.59. The van der Waals surface area contributed by atoms with Gasteiger partial charge in [-0.25, -0.2) is 0 Å². The number of nitroso groups, excluding NO2 is 1. The molecule has 0 aliphatic heterocycles. The molecule has 0 fully saturated rings. The summed E-state index contributed by atoms with van der Waals surface area (Å²) < 4.78 is 0. The summed E-state index contributed by atoms with van der Waals surface area (Å²) in [5, 5.41) is 12.9. The van der Waals surface area contributed by atoms with Gasteiger partial charge >= 0.3 is 0 Å². The van der Waals surface area contributed by atoms with E-state index in [1.54, 1.807) is 24.3 Å². The van der Waals surface area contributed by atoms with Crippen LogP contribution in [0.4, 0.5) is 5.69 Å². The van der Waals surface area contributed by atoms with Crippen molar-refractivity contribution in [1.29, 1.82) is 0 Å². The minimum absolute atomic E-state index is 0.0666. The maximum Gasteiger partial charge on any atom is 0.195 e. The zero-order valence-corrected chi connectivity index (χ0v) is 17.6. The Kier molecular flexibility index (Phi) is 5.25. The van der Waals surface area contributed by atoms with E-state index in [2.05, 4.69) is 5.18 Å². The molecule has 158 valence electrons. The largest absolute Gasteiger partial charge is 0.508 e. The standard InChI is InChI=1S/C29H19NO3/c31-24-17-13-22(14-18-24)26-25(21-11-15-23(30-33)16-12-21)27(19-7-3-1-4-8-19)29(32)28(26)20-9-5-2-6-10-20/h1-18,31H. The summed E-state index contributed by atoms with van der Waals surface area (Å²) in [7, 11) is 0. The molecule has 4 aromatic rings. The third kappa shape index (κ3) is 3.68. The summed E-state index contributed by atoms with van der Waals surface area (Å²) in [5.41, 5.74) is 6.37. The van der Waals surface area contributed by atoms with Gasteiger partial charge in [0.25, 0.3) is 0 Å². The van der Waals surface area contributed by atoms with Gasteiger partial charge in [0.15, 0.2) is 5.78 Å². The first-order valence-corrected chi connectivity index (χ1v) is 10.5. The average molecular weight is 429 g/mol. The Morgan fingerprint density at radius 2 is 0.879 bits per heavy atom. The number of benzene rings is 4. The van der Waals surface area contributed by atoms with Crippen LogP contribution in [0.2, 0.25) is 0 Å². The lowest BCUT2D eigenvalue weighted by atomic mass is 9.89. The summed E-state index contributed by atoms with van der Waals surface area (Å²) in [6, 6.07) is 33.0. The molecule has 4 nitrogen and oxygen atoms in total. The Labute approximate surface area is 191 Å². The molecule has 4 aromatic carbocycles. The smallest absolute Gasteiger partial charge is 0.195 e. The van der Waals surface area contributed by atoms with Gasteiger partial charge in [-0.1, -0.05) is 84.9 Å². The molecule has 1 N–H and O–H groups in total. The molecule has 0 bridgehead atoms. The van der Waals surface area contributed by atoms with Crippen molar-refractivity contribution >= 4 is 33.8 Å². The number of hydrogen-bond acceptors (Lipinski definition) is 4. The number of aromatic hydroxyl groups is 1. The molecule has 33 heavy (non-hydrogen) atoms. The third-order valence-corrected chi connectivity index (χ3v) is 5.75. The Morgan fingerprint density at radius 1 is 0.485 bits per heavy atom. The van der Waals surface area contributed by atoms with Gasteiger partial charge in [0, 0.05) is 22.3 Å². The van der Waals surface area contributed by atoms with E-state index < -0.39 is 0 Å². The zero-order valence-electron chi connectivity index (χ0n) is 17.6. The van der Waals surface area contributed by atoms with Crippen LogP contribution in [0.1, 0.15) is 22.3 Å². The fourth-order valence-electron chi connectivity index (χ4n) is 4.26. The number of phenolic OH excluding ortho intramolecular Hbond substituents is 1. The van der Waals surface area contributed by atoms with Crippen LogP contribution in [0.15, 0.2) is 114 Å². The Hall–Kier alpha value is -4.57. The normalized spacial score (nSPS) is 13.5. The Bertz CT molecular complexity index is 1400. The summed E-state index contributed by atoms with van der Waals surface area (Å²) in [4.78, 5) is 25.0. The molecular weight excluding hydrogens is 410 g/mol. The minimum Gasteiger partial charge on any atom is -0.508 e. The van der Waals surface area contributed by atoms with Gasteiger partial charge in [0.05, 0.1) is 0 Å². The minimum atomic E-state index is -0.0666. The van der Waals surface area contributed by atoms with E-state index in [9.17, 15) is 14.8 Å². The van der Waals surface area contributed by atoms with E-state index in [-0.39, 0.29) is 11.5 Å². The van der Waals surface area contributed by atoms with Gasteiger partial charge in [0.2, 0.25) is 0 Å². The molecule has 0 spiro atoms. The monoisotopic (exact) mass is 429 g/mol. The maximum absolute atomic E-state index is 14.0. The summed E-state index contributed by atoms with van der Waals surface area (Å²) in [6.45, 7) is 0. The molecule has 0 atom stereocenters. The van der Waals surface area contributed by atoms with Gasteiger partial charge in [-0.3, -0.25) is 4.79 Å². The summed E-state index contributed by atoms with van der Waals surface area (Å²) >= 11 is 0. The molecule has 0 radical (unpaired) electrons. The summed E-state index contributed by atoms with van der Waals surface area (Å²) in [6.07, 6.45) is 0. The number of ketones is 1. The molecule has 0 heterocycles. The van der Waals surface area contributed by atoms with Crippen molar-refractivity contribution in [1.82, 2.24) is 0 Å². The number of Topliss-reactive ketones (excluding diaryl/α,β-unsaturated/α-hetero) is 1. The Morgan fingerprint density at radius 3 is 1.30 bits per heavy atom. The first-order valence-electron chi connectivity index (χ1n) is 10.5. The van der Waals surface area contributed by atoms with Crippen LogP contribution >= 0.6 is 0 Å². The number of carbonyl (C=O) groups is 1. The maximum atomic E-state index is 14.0. The number of carbonyl (C=O) groups excluding carboxylic acids is 1. The van der Waals surface area contributed by atoms with Gasteiger partial charge in [0.1, 0.15) is 11.4 Å². The summed E-state index contributed by atoms with van der Waals surface area (Å²) in [5.74, 6) is 0.0863. The fraction of sp³-hybridized carbons (Fsp3) is 0. The lowest BCUT2D eigenvalue weighted by Gasteiger charge is -2.14. The quantitative estimate of drug-likeness (QED) is 0.351. The van der Waals surface area contributed by atoms with E-state index in [0.717, 1.165) is 33.4 Å². The van der Waals surface area contributed by atoms with Crippen LogP contribution in [0.3, 0.4) is 0 Å². The molecular formula is C29H19NO3. The van der Waals surface area contributed by atoms with Crippen molar-refractivity contribution < 1.29 is 9.90 Å². The lowest BCUT2D eigenvalue weighted by molar-refractivity contribution is -0.108. The first kappa shape index (κ1) is 20.3. The molecule has 0 aromatic heterocycles. The fourth-order valence-corrected chi connectivity index (χ4v) is 4.26. The predicted molar refractivity (Wildman–Crippen MR) is 132 cm³/mol. The number of phenols is 1. The van der Waals surface area contributed by atoms with Crippen molar-refractivity contribution in [2.24, 2.45) is 5.18 Å². The molecule has 4 heteroatoms. The van der Waals surface area contributed by atoms with Crippen molar-refractivity contribution in [3.8, 4) is 5.75 Å². The second-order valence-corrected chi connectivity index (χ2v) is 7.75. The first-order chi connectivity index (χ1) is 16.2. The zero-order chi connectivity index (χ0) is 22.8. The molecule has 5 rings (SSSR count). The second-order valence-electron chi connectivity index (χ2n) is 7.75. The van der Waals surface area contributed by atoms with E-state index in [1.807, 2.05) is 84.9 Å². The second kappa shape index (κ2) is 8.52. The molecule has 0 amide bonds. The van der Waals surface area contributed by atoms with Gasteiger partial charge in [-0.05, 0) is 51.7 Å². The number of allylic oxidation sites excluding steroid dienone is 4. The number of nitrogens with zero attached hydrogens (tertiary/aromatic N) is 1. The topological polar surface area (TPSA) is 66.7 Å². The SMILES string of the molecule is O=Nc1ccc(C2=C(c3ccccc3)C(=O)C(c3ccccc3)=C2c2ccc(O)cc2)cc1. The van der Waals surface area contributed by atoms with E-state index >= 15 is 0 Å². The highest BCUT2D eigenvalue weighted by Gasteiger charge is 2.35. The molecule has 1 aliphatic carbocycles. The molecule has 0 saturated heterocycles. The van der Waals surface area contributed by atoms with Gasteiger partial charge < -0.3 is 5.11 Å². The highest BCUT2D eigenvalue weighted by atomic mass is 16.3. The van der Waals surface area contributed by atoms with E-state index in [1.165, 1.54) is 0 Å². The van der Waals surface area contributed by atoms with Crippen molar-refractivity contribution in [2.75, 3.05) is 0 Å². The van der Waals surface area contributed by atoms with Gasteiger partial charge in [-0.15, -0.1) is 4.91 Å². The lowest BCUT2D eigenvalue weighted by Crippen LogP contribution is -2.01. The average Bonchev–Trinajstić information content (AvgIpc) is 3.18. The van der Waals surface area contributed by atoms with E-state index in [0.29, 0.717) is 16.8 Å². The third-order valence-electron chi connectivity index (χ3n) is 5.75. The predicted octanol–water partition coefficient (Wildman–Crippen LogP) is 6.89. The van der Waals surface area contributed by atoms with Crippen molar-refractivity contribution in [3.63, 3.8) is 0 Å². The van der Waals surface area contributed by atoms with Crippen LogP contribution in [-0.4, -0.2) is 10.9 Å². The van der Waals surface area contributed by atoms with Crippen LogP contribution in [0.5, 0.6) is 5.75 Å². The van der Waals surface area contributed by atoms with Crippen LogP contribution < -0.4 is 0 Å². The van der Waals surface area contributed by atoms with Crippen molar-refractivity contribution in [3.05, 3.63) is 136 Å². The van der Waals surface area contributed by atoms with Gasteiger partial charge in [-0.2, -0.15) is 0 Å². The van der Waals surface area contributed by atoms with Crippen LogP contribution in [-0.2, 0) is 4.79 Å². The molecule has 0 unspecified atom stereocenters. The number of hydrogen-bond donors (Lipinski definition) is 1. The number of rotatable bonds is 5. The van der Waals surface area contributed by atoms with Crippen molar-refractivity contribution in [2.45, 2.75) is 0 Å². The molecule has 0 saturated carbocycles. The Balaban J connectivity index is 1.86.